The molecule has 2 unspecified atom stereocenters. The van der Waals surface area contributed by atoms with E-state index in [4.69, 9.17) is 0 Å². The Labute approximate surface area is 154 Å². The summed E-state index contributed by atoms with van der Waals surface area (Å²) in [5.74, 6) is 0.175. The van der Waals surface area contributed by atoms with Gasteiger partial charge in [0.1, 0.15) is 5.56 Å². The standard InChI is InChI=1S/C19H19F3N2O3/c20-19(21,22)17-10-15(6-7-18(17)24(26)27)23-11-14(9-16(23)12-25)8-13-4-2-1-3-5-13/h1-7,10,14,16,25H,8-9,11-12H2. The summed E-state index contributed by atoms with van der Waals surface area (Å²) in [6, 6.07) is 12.4. The molecule has 3 rings (SSSR count). The van der Waals surface area contributed by atoms with E-state index in [-0.39, 0.29) is 24.3 Å². The van der Waals surface area contributed by atoms with Crippen molar-refractivity contribution < 1.29 is 23.2 Å². The van der Waals surface area contributed by atoms with Crippen LogP contribution >= 0.6 is 0 Å². The number of nitro groups is 1. The van der Waals surface area contributed by atoms with Crippen molar-refractivity contribution in [3.63, 3.8) is 0 Å². The maximum Gasteiger partial charge on any atom is 0.423 e. The minimum absolute atomic E-state index is 0.175. The van der Waals surface area contributed by atoms with Gasteiger partial charge in [-0.05, 0) is 36.5 Å². The fourth-order valence-electron chi connectivity index (χ4n) is 3.69. The van der Waals surface area contributed by atoms with Gasteiger partial charge in [-0.15, -0.1) is 0 Å². The number of nitro benzene ring substituents is 1. The van der Waals surface area contributed by atoms with Crippen molar-refractivity contribution in [3.8, 4) is 0 Å². The normalized spacial score (nSPS) is 20.1. The Balaban J connectivity index is 1.87. The Kier molecular flexibility index (Phi) is 5.36. The maximum absolute atomic E-state index is 13.2. The van der Waals surface area contributed by atoms with Crippen LogP contribution in [0.1, 0.15) is 17.5 Å². The largest absolute Gasteiger partial charge is 0.423 e. The molecule has 8 heteroatoms. The van der Waals surface area contributed by atoms with E-state index < -0.39 is 22.4 Å². The third kappa shape index (κ3) is 4.21. The van der Waals surface area contributed by atoms with E-state index in [1.807, 2.05) is 30.3 Å². The van der Waals surface area contributed by atoms with E-state index in [0.717, 1.165) is 24.1 Å². The van der Waals surface area contributed by atoms with Crippen LogP contribution in [0.15, 0.2) is 48.5 Å². The fourth-order valence-corrected chi connectivity index (χ4v) is 3.69. The lowest BCUT2D eigenvalue weighted by atomic mass is 9.97. The first-order valence-corrected chi connectivity index (χ1v) is 8.56. The number of benzene rings is 2. The Morgan fingerprint density at radius 1 is 1.19 bits per heavy atom. The minimum atomic E-state index is -4.82. The second-order valence-electron chi connectivity index (χ2n) is 6.74. The number of aliphatic hydroxyl groups is 1. The molecule has 144 valence electrons. The van der Waals surface area contributed by atoms with Crippen LogP contribution in [-0.4, -0.2) is 29.2 Å². The predicted octanol–water partition coefficient (Wildman–Crippen LogP) is 4.04. The predicted molar refractivity (Wildman–Crippen MR) is 94.6 cm³/mol. The second kappa shape index (κ2) is 7.56. The quantitative estimate of drug-likeness (QED) is 0.628. The first-order valence-electron chi connectivity index (χ1n) is 8.56. The Bertz CT molecular complexity index is 812. The zero-order chi connectivity index (χ0) is 19.6. The lowest BCUT2D eigenvalue weighted by Crippen LogP contribution is -2.32. The summed E-state index contributed by atoms with van der Waals surface area (Å²) in [5, 5.41) is 20.6. The average Bonchev–Trinajstić information content (AvgIpc) is 3.04. The van der Waals surface area contributed by atoms with Gasteiger partial charge in [-0.25, -0.2) is 0 Å². The molecule has 1 aliphatic heterocycles. The molecule has 1 N–H and O–H groups in total. The minimum Gasteiger partial charge on any atom is -0.394 e. The van der Waals surface area contributed by atoms with Gasteiger partial charge in [0, 0.05) is 18.3 Å². The molecule has 1 fully saturated rings. The second-order valence-corrected chi connectivity index (χ2v) is 6.74. The molecule has 2 aromatic carbocycles. The molecular formula is C19H19F3N2O3. The number of nitrogens with zero attached hydrogens (tertiary/aromatic N) is 2. The monoisotopic (exact) mass is 380 g/mol. The van der Waals surface area contributed by atoms with E-state index in [0.29, 0.717) is 13.0 Å². The molecular weight excluding hydrogens is 361 g/mol. The Morgan fingerprint density at radius 2 is 1.89 bits per heavy atom. The Morgan fingerprint density at radius 3 is 2.48 bits per heavy atom. The highest BCUT2D eigenvalue weighted by atomic mass is 19.4. The molecule has 2 aromatic rings. The molecule has 0 saturated carbocycles. The topological polar surface area (TPSA) is 66.6 Å². The number of rotatable bonds is 5. The molecule has 5 nitrogen and oxygen atoms in total. The number of hydrogen-bond donors (Lipinski definition) is 1. The maximum atomic E-state index is 13.2. The summed E-state index contributed by atoms with van der Waals surface area (Å²) < 4.78 is 39.7. The van der Waals surface area contributed by atoms with Gasteiger partial charge in [0.2, 0.25) is 0 Å². The zero-order valence-electron chi connectivity index (χ0n) is 14.4. The third-order valence-electron chi connectivity index (χ3n) is 4.89. The SMILES string of the molecule is O=[N+]([O-])c1ccc(N2CC(Cc3ccccc3)CC2CO)cc1C(F)(F)F. The molecule has 0 amide bonds. The first kappa shape index (κ1) is 19.2. The molecule has 1 heterocycles. The molecule has 1 saturated heterocycles. The summed E-state index contributed by atoms with van der Waals surface area (Å²) in [7, 11) is 0. The third-order valence-corrected chi connectivity index (χ3v) is 4.89. The van der Waals surface area contributed by atoms with E-state index in [2.05, 4.69) is 0 Å². The highest BCUT2D eigenvalue weighted by molar-refractivity contribution is 5.58. The van der Waals surface area contributed by atoms with Crippen molar-refractivity contribution in [2.75, 3.05) is 18.1 Å². The van der Waals surface area contributed by atoms with Crippen LogP contribution in [0.25, 0.3) is 0 Å². The van der Waals surface area contributed by atoms with Crippen LogP contribution in [-0.2, 0) is 12.6 Å². The Hall–Kier alpha value is -2.61. The highest BCUT2D eigenvalue weighted by Gasteiger charge is 2.40. The highest BCUT2D eigenvalue weighted by Crippen LogP contribution is 2.40. The summed E-state index contributed by atoms with van der Waals surface area (Å²) in [6.07, 6.45) is -3.42. The van der Waals surface area contributed by atoms with Gasteiger partial charge in [0.15, 0.2) is 0 Å². The zero-order valence-corrected chi connectivity index (χ0v) is 14.4. The number of aliphatic hydroxyl groups excluding tert-OH is 1. The molecule has 0 spiro atoms. The van der Waals surface area contributed by atoms with Crippen molar-refractivity contribution in [1.82, 2.24) is 0 Å². The number of alkyl halides is 3. The van der Waals surface area contributed by atoms with Crippen molar-refractivity contribution >= 4 is 11.4 Å². The van der Waals surface area contributed by atoms with Crippen molar-refractivity contribution in [1.29, 1.82) is 0 Å². The van der Waals surface area contributed by atoms with E-state index in [9.17, 15) is 28.4 Å². The van der Waals surface area contributed by atoms with E-state index >= 15 is 0 Å². The van der Waals surface area contributed by atoms with Crippen LogP contribution in [0, 0.1) is 16.0 Å². The van der Waals surface area contributed by atoms with Gasteiger partial charge in [-0.1, -0.05) is 30.3 Å². The lowest BCUT2D eigenvalue weighted by Gasteiger charge is -2.26. The first-order chi connectivity index (χ1) is 12.8. The smallest absolute Gasteiger partial charge is 0.394 e. The van der Waals surface area contributed by atoms with Crippen LogP contribution in [0.5, 0.6) is 0 Å². The van der Waals surface area contributed by atoms with Gasteiger partial charge in [0.05, 0.1) is 17.6 Å². The molecule has 0 aliphatic carbocycles. The molecule has 2 atom stereocenters. The average molecular weight is 380 g/mol. The van der Waals surface area contributed by atoms with Crippen molar-refractivity contribution in [2.24, 2.45) is 5.92 Å². The molecule has 0 aromatic heterocycles. The van der Waals surface area contributed by atoms with E-state index in [1.165, 1.54) is 6.07 Å². The number of halogens is 3. The van der Waals surface area contributed by atoms with E-state index in [1.54, 1.807) is 4.90 Å². The van der Waals surface area contributed by atoms with Crippen LogP contribution in [0.4, 0.5) is 24.5 Å². The molecule has 0 radical (unpaired) electrons. The fraction of sp³-hybridized carbons (Fsp3) is 0.368. The van der Waals surface area contributed by atoms with Gasteiger partial charge in [0.25, 0.3) is 5.69 Å². The van der Waals surface area contributed by atoms with Gasteiger partial charge < -0.3 is 10.0 Å². The van der Waals surface area contributed by atoms with Gasteiger partial charge in [-0.2, -0.15) is 13.2 Å². The summed E-state index contributed by atoms with van der Waals surface area (Å²) in [6.45, 7) is 0.291. The summed E-state index contributed by atoms with van der Waals surface area (Å²) in [5.41, 5.74) is -0.872. The van der Waals surface area contributed by atoms with Crippen molar-refractivity contribution in [3.05, 3.63) is 69.8 Å². The molecule has 27 heavy (non-hydrogen) atoms. The summed E-state index contributed by atoms with van der Waals surface area (Å²) >= 11 is 0. The lowest BCUT2D eigenvalue weighted by molar-refractivity contribution is -0.388. The number of hydrogen-bond acceptors (Lipinski definition) is 4. The van der Waals surface area contributed by atoms with Gasteiger partial charge in [-0.3, -0.25) is 10.1 Å². The van der Waals surface area contributed by atoms with Crippen LogP contribution in [0.2, 0.25) is 0 Å². The number of anilines is 1. The van der Waals surface area contributed by atoms with Crippen LogP contribution < -0.4 is 4.90 Å². The van der Waals surface area contributed by atoms with Gasteiger partial charge >= 0.3 is 6.18 Å². The molecule has 0 bridgehead atoms. The van der Waals surface area contributed by atoms with Crippen LogP contribution in [0.3, 0.4) is 0 Å². The summed E-state index contributed by atoms with van der Waals surface area (Å²) in [4.78, 5) is 11.6. The molecule has 1 aliphatic rings. The van der Waals surface area contributed by atoms with Crippen molar-refractivity contribution in [2.45, 2.75) is 25.1 Å².